The van der Waals surface area contributed by atoms with E-state index in [9.17, 15) is 4.79 Å². The van der Waals surface area contributed by atoms with Crippen molar-refractivity contribution in [2.45, 2.75) is 45.6 Å². The smallest absolute Gasteiger partial charge is 0.333 e. The van der Waals surface area contributed by atoms with Gasteiger partial charge in [0.2, 0.25) is 0 Å². The molecule has 2 heteroatoms. The number of hydrogen-bond donors (Lipinski definition) is 0. The maximum absolute atomic E-state index is 11.2. The number of rotatable bonds is 7. The highest BCUT2D eigenvalue weighted by Gasteiger charge is 2.10. The number of ether oxygens (including phenoxy) is 1. The summed E-state index contributed by atoms with van der Waals surface area (Å²) in [6.45, 7) is 11.0. The molecule has 14 heavy (non-hydrogen) atoms. The molecule has 0 aliphatic heterocycles. The Morgan fingerprint density at radius 1 is 1.50 bits per heavy atom. The summed E-state index contributed by atoms with van der Waals surface area (Å²) >= 11 is 0. The molecule has 0 aromatic carbocycles. The maximum Gasteiger partial charge on any atom is 0.333 e. The third-order valence-electron chi connectivity index (χ3n) is 1.96. The maximum atomic E-state index is 11.2. The first-order chi connectivity index (χ1) is 6.61. The van der Waals surface area contributed by atoms with Crippen LogP contribution in [0.3, 0.4) is 0 Å². The Labute approximate surface area is 86.6 Å². The van der Waals surface area contributed by atoms with Gasteiger partial charge in [-0.25, -0.2) is 4.79 Å². The molecule has 0 aliphatic carbocycles. The lowest BCUT2D eigenvalue weighted by atomic mass is 10.1. The zero-order valence-corrected chi connectivity index (χ0v) is 9.21. The van der Waals surface area contributed by atoms with Crippen molar-refractivity contribution in [2.24, 2.45) is 0 Å². The van der Waals surface area contributed by atoms with Crippen molar-refractivity contribution in [1.82, 2.24) is 0 Å². The molecule has 0 rings (SSSR count). The van der Waals surface area contributed by atoms with Gasteiger partial charge in [0.25, 0.3) is 0 Å². The second-order valence-corrected chi connectivity index (χ2v) is 3.46. The van der Waals surface area contributed by atoms with Crippen LogP contribution < -0.4 is 0 Å². The highest BCUT2D eigenvalue weighted by molar-refractivity contribution is 5.87. The van der Waals surface area contributed by atoms with Crippen LogP contribution in [0.5, 0.6) is 0 Å². The fourth-order valence-corrected chi connectivity index (χ4v) is 1.06. The molecule has 0 bridgehead atoms. The summed E-state index contributed by atoms with van der Waals surface area (Å²) < 4.78 is 5.15. The first-order valence-electron chi connectivity index (χ1n) is 5.10. The molecule has 1 unspecified atom stereocenters. The summed E-state index contributed by atoms with van der Waals surface area (Å²) in [6, 6.07) is 0. The van der Waals surface area contributed by atoms with Crippen LogP contribution in [0, 0.1) is 0 Å². The van der Waals surface area contributed by atoms with Crippen molar-refractivity contribution in [3.05, 3.63) is 24.8 Å². The first kappa shape index (κ1) is 12.9. The summed E-state index contributed by atoms with van der Waals surface area (Å²) in [5, 5.41) is 0. The van der Waals surface area contributed by atoms with Crippen molar-refractivity contribution in [3.8, 4) is 0 Å². The van der Waals surface area contributed by atoms with E-state index in [0.29, 0.717) is 5.57 Å². The predicted octanol–water partition coefficient (Wildman–Crippen LogP) is 3.24. The van der Waals surface area contributed by atoms with Crippen LogP contribution in [0.2, 0.25) is 0 Å². The molecule has 0 aromatic heterocycles. The van der Waals surface area contributed by atoms with Gasteiger partial charge in [0.05, 0.1) is 0 Å². The zero-order valence-electron chi connectivity index (χ0n) is 9.21. The van der Waals surface area contributed by atoms with Crippen LogP contribution in [0.4, 0.5) is 0 Å². The minimum absolute atomic E-state index is 0.161. The van der Waals surface area contributed by atoms with E-state index in [0.717, 1.165) is 25.7 Å². The van der Waals surface area contributed by atoms with Gasteiger partial charge < -0.3 is 4.74 Å². The second kappa shape index (κ2) is 7.36. The topological polar surface area (TPSA) is 26.3 Å². The van der Waals surface area contributed by atoms with Crippen LogP contribution in [0.15, 0.2) is 24.8 Å². The summed E-state index contributed by atoms with van der Waals surface area (Å²) in [5.41, 5.74) is 0.437. The van der Waals surface area contributed by atoms with Crippen molar-refractivity contribution in [1.29, 1.82) is 0 Å². The lowest BCUT2D eigenvalue weighted by Gasteiger charge is -2.13. The Morgan fingerprint density at radius 2 is 2.14 bits per heavy atom. The lowest BCUT2D eigenvalue weighted by Crippen LogP contribution is -2.16. The number of carbonyl (C=O) groups excluding carboxylic acids is 1. The lowest BCUT2D eigenvalue weighted by molar-refractivity contribution is -0.142. The Balaban J connectivity index is 3.84. The molecule has 2 nitrogen and oxygen atoms in total. The van der Waals surface area contributed by atoms with Crippen molar-refractivity contribution >= 4 is 5.97 Å². The molecule has 0 amide bonds. The van der Waals surface area contributed by atoms with Crippen LogP contribution in [-0.2, 0) is 9.53 Å². The Kier molecular flexibility index (Phi) is 6.81. The molecule has 0 radical (unpaired) electrons. The molecular formula is C12H20O2. The molecule has 0 aromatic rings. The summed E-state index contributed by atoms with van der Waals surface area (Å²) in [6.07, 6.45) is 5.77. The molecule has 0 fully saturated rings. The largest absolute Gasteiger partial charge is 0.455 e. The summed E-state index contributed by atoms with van der Waals surface area (Å²) in [5.74, 6) is -0.327. The SMILES string of the molecule is C=CC(CCCCC)OC(=O)C(=C)C. The monoisotopic (exact) mass is 196 g/mol. The van der Waals surface area contributed by atoms with E-state index in [1.165, 1.54) is 0 Å². The highest BCUT2D eigenvalue weighted by Crippen LogP contribution is 2.09. The van der Waals surface area contributed by atoms with Crippen LogP contribution >= 0.6 is 0 Å². The van der Waals surface area contributed by atoms with Gasteiger partial charge in [-0.2, -0.15) is 0 Å². The predicted molar refractivity (Wildman–Crippen MR) is 59.0 cm³/mol. The van der Waals surface area contributed by atoms with Crippen LogP contribution in [-0.4, -0.2) is 12.1 Å². The van der Waals surface area contributed by atoms with Gasteiger partial charge in [0.1, 0.15) is 6.10 Å². The van der Waals surface area contributed by atoms with Gasteiger partial charge in [0, 0.05) is 5.57 Å². The van der Waals surface area contributed by atoms with Gasteiger partial charge in [-0.3, -0.25) is 0 Å². The van der Waals surface area contributed by atoms with Crippen molar-refractivity contribution in [3.63, 3.8) is 0 Å². The molecule has 0 saturated heterocycles. The van der Waals surface area contributed by atoms with Gasteiger partial charge >= 0.3 is 5.97 Å². The molecule has 80 valence electrons. The molecule has 1 atom stereocenters. The van der Waals surface area contributed by atoms with Crippen molar-refractivity contribution < 1.29 is 9.53 Å². The minimum Gasteiger partial charge on any atom is -0.455 e. The van der Waals surface area contributed by atoms with E-state index >= 15 is 0 Å². The Bertz CT molecular complexity index is 206. The van der Waals surface area contributed by atoms with E-state index in [4.69, 9.17) is 4.74 Å². The third-order valence-corrected chi connectivity index (χ3v) is 1.96. The Hall–Kier alpha value is -1.05. The summed E-state index contributed by atoms with van der Waals surface area (Å²) in [7, 11) is 0. The normalized spacial score (nSPS) is 11.9. The Morgan fingerprint density at radius 3 is 2.57 bits per heavy atom. The summed E-state index contributed by atoms with van der Waals surface area (Å²) in [4.78, 5) is 11.2. The van der Waals surface area contributed by atoms with E-state index in [1.807, 2.05) is 0 Å². The minimum atomic E-state index is -0.327. The standard InChI is InChI=1S/C12H20O2/c1-5-7-8-9-11(6-2)14-12(13)10(3)4/h6,11H,2-3,5,7-9H2,1,4H3. The van der Waals surface area contributed by atoms with E-state index in [-0.39, 0.29) is 12.1 Å². The molecule has 0 saturated carbocycles. The van der Waals surface area contributed by atoms with Gasteiger partial charge in [-0.1, -0.05) is 39.0 Å². The molecule has 0 spiro atoms. The fourth-order valence-electron chi connectivity index (χ4n) is 1.06. The van der Waals surface area contributed by atoms with Gasteiger partial charge in [-0.05, 0) is 19.8 Å². The van der Waals surface area contributed by atoms with Crippen LogP contribution in [0.25, 0.3) is 0 Å². The number of carbonyl (C=O) groups is 1. The average Bonchev–Trinajstić information content (AvgIpc) is 2.16. The van der Waals surface area contributed by atoms with Crippen LogP contribution in [0.1, 0.15) is 39.5 Å². The van der Waals surface area contributed by atoms with Gasteiger partial charge in [0.15, 0.2) is 0 Å². The molecule has 0 aliphatic rings. The van der Waals surface area contributed by atoms with E-state index in [2.05, 4.69) is 20.1 Å². The zero-order chi connectivity index (χ0) is 11.0. The van der Waals surface area contributed by atoms with Crippen molar-refractivity contribution in [2.75, 3.05) is 0 Å². The second-order valence-electron chi connectivity index (χ2n) is 3.46. The molecular weight excluding hydrogens is 176 g/mol. The van der Waals surface area contributed by atoms with E-state index < -0.39 is 0 Å². The number of hydrogen-bond acceptors (Lipinski definition) is 2. The number of esters is 1. The van der Waals surface area contributed by atoms with Gasteiger partial charge in [-0.15, -0.1) is 0 Å². The molecule has 0 heterocycles. The fraction of sp³-hybridized carbons (Fsp3) is 0.583. The molecule has 0 N–H and O–H groups in total. The quantitative estimate of drug-likeness (QED) is 0.270. The number of unbranched alkanes of at least 4 members (excludes halogenated alkanes) is 2. The third kappa shape index (κ3) is 5.57. The average molecular weight is 196 g/mol. The first-order valence-corrected chi connectivity index (χ1v) is 5.10. The highest BCUT2D eigenvalue weighted by atomic mass is 16.5. The van der Waals surface area contributed by atoms with E-state index in [1.54, 1.807) is 13.0 Å².